The minimum Gasteiger partial charge on any atom is -0.497 e. The van der Waals surface area contributed by atoms with Crippen LogP contribution < -0.4 is 20.1 Å². The lowest BCUT2D eigenvalue weighted by atomic mass is 9.90. The molecule has 4 rings (SSSR count). The molecule has 3 aromatic carbocycles. The van der Waals surface area contributed by atoms with Gasteiger partial charge in [-0.15, -0.1) is 0 Å². The number of hydrogen-bond acceptors (Lipinski definition) is 7. The SMILES string of the molecule is COc1cc(NC(=O)COC(=O)CN2C(=O)NC(C)(c3ccc4ccccc4c3)C2=O)cc(OC)c1. The van der Waals surface area contributed by atoms with Crippen LogP contribution in [0.1, 0.15) is 12.5 Å². The zero-order chi connectivity index (χ0) is 25.9. The van der Waals surface area contributed by atoms with Gasteiger partial charge in [-0.25, -0.2) is 4.79 Å². The van der Waals surface area contributed by atoms with Crippen molar-refractivity contribution in [2.45, 2.75) is 12.5 Å². The normalized spacial score (nSPS) is 17.0. The van der Waals surface area contributed by atoms with E-state index in [-0.39, 0.29) is 0 Å². The second-order valence-electron chi connectivity index (χ2n) is 8.32. The Morgan fingerprint density at radius 2 is 1.61 bits per heavy atom. The first-order valence-corrected chi connectivity index (χ1v) is 11.1. The molecule has 186 valence electrons. The fourth-order valence-corrected chi connectivity index (χ4v) is 3.93. The lowest BCUT2D eigenvalue weighted by molar-refractivity contribution is -0.150. The van der Waals surface area contributed by atoms with Crippen LogP contribution in [0, 0.1) is 0 Å². The molecule has 36 heavy (non-hydrogen) atoms. The van der Waals surface area contributed by atoms with E-state index in [9.17, 15) is 19.2 Å². The van der Waals surface area contributed by atoms with E-state index in [0.29, 0.717) is 22.7 Å². The van der Waals surface area contributed by atoms with Crippen LogP contribution >= 0.6 is 0 Å². The number of benzene rings is 3. The Balaban J connectivity index is 1.37. The number of fused-ring (bicyclic) bond motifs is 1. The lowest BCUT2D eigenvalue weighted by Gasteiger charge is -2.22. The van der Waals surface area contributed by atoms with Crippen molar-refractivity contribution in [3.63, 3.8) is 0 Å². The fourth-order valence-electron chi connectivity index (χ4n) is 3.93. The van der Waals surface area contributed by atoms with Gasteiger partial charge in [0.15, 0.2) is 6.61 Å². The molecular weight excluding hydrogens is 466 g/mol. The number of carbonyl (C=O) groups is 4. The van der Waals surface area contributed by atoms with Gasteiger partial charge < -0.3 is 24.8 Å². The van der Waals surface area contributed by atoms with Crippen LogP contribution in [-0.2, 0) is 24.7 Å². The molecule has 1 unspecified atom stereocenters. The highest BCUT2D eigenvalue weighted by atomic mass is 16.5. The van der Waals surface area contributed by atoms with Crippen LogP contribution in [0.4, 0.5) is 10.5 Å². The van der Waals surface area contributed by atoms with Crippen molar-refractivity contribution < 1.29 is 33.4 Å². The van der Waals surface area contributed by atoms with Gasteiger partial charge in [0.1, 0.15) is 23.6 Å². The Kier molecular flexibility index (Phi) is 6.77. The lowest BCUT2D eigenvalue weighted by Crippen LogP contribution is -2.41. The summed E-state index contributed by atoms with van der Waals surface area (Å²) in [6, 6.07) is 17.2. The molecule has 1 heterocycles. The van der Waals surface area contributed by atoms with Gasteiger partial charge in [0, 0.05) is 23.9 Å². The van der Waals surface area contributed by atoms with Crippen LogP contribution in [-0.4, -0.2) is 56.1 Å². The number of carbonyl (C=O) groups excluding carboxylic acids is 4. The molecule has 2 N–H and O–H groups in total. The third-order valence-electron chi connectivity index (χ3n) is 5.89. The van der Waals surface area contributed by atoms with Gasteiger partial charge >= 0.3 is 12.0 Å². The second kappa shape index (κ2) is 9.95. The van der Waals surface area contributed by atoms with Crippen LogP contribution in [0.2, 0.25) is 0 Å². The summed E-state index contributed by atoms with van der Waals surface area (Å²) in [6.45, 7) is 0.344. The first-order chi connectivity index (χ1) is 17.2. The molecule has 0 saturated carbocycles. The molecule has 10 heteroatoms. The third-order valence-corrected chi connectivity index (χ3v) is 5.89. The number of nitrogens with one attached hydrogen (secondary N) is 2. The molecule has 3 aromatic rings. The quantitative estimate of drug-likeness (QED) is 0.367. The predicted molar refractivity (Wildman–Crippen MR) is 131 cm³/mol. The second-order valence-corrected chi connectivity index (χ2v) is 8.32. The molecule has 1 atom stereocenters. The van der Waals surface area contributed by atoms with E-state index in [1.807, 2.05) is 36.4 Å². The summed E-state index contributed by atoms with van der Waals surface area (Å²) in [5.74, 6) is -1.17. The van der Waals surface area contributed by atoms with E-state index in [1.165, 1.54) is 14.2 Å². The zero-order valence-corrected chi connectivity index (χ0v) is 20.0. The van der Waals surface area contributed by atoms with Crippen molar-refractivity contribution in [3.05, 3.63) is 66.2 Å². The maximum atomic E-state index is 13.1. The number of esters is 1. The summed E-state index contributed by atoms with van der Waals surface area (Å²) >= 11 is 0. The average molecular weight is 492 g/mol. The molecular formula is C26H25N3O7. The summed E-state index contributed by atoms with van der Waals surface area (Å²) in [6.07, 6.45) is 0. The summed E-state index contributed by atoms with van der Waals surface area (Å²) in [5.41, 5.74) is -0.375. The van der Waals surface area contributed by atoms with Crippen molar-refractivity contribution in [2.75, 3.05) is 32.7 Å². The molecule has 0 bridgehead atoms. The summed E-state index contributed by atoms with van der Waals surface area (Å²) in [5, 5.41) is 7.14. The first-order valence-electron chi connectivity index (χ1n) is 11.1. The summed E-state index contributed by atoms with van der Waals surface area (Å²) < 4.78 is 15.3. The molecule has 0 aromatic heterocycles. The fraction of sp³-hybridized carbons (Fsp3) is 0.231. The molecule has 1 fully saturated rings. The number of ether oxygens (including phenoxy) is 3. The summed E-state index contributed by atoms with van der Waals surface area (Å²) in [7, 11) is 2.95. The Bertz CT molecular complexity index is 1330. The number of anilines is 1. The van der Waals surface area contributed by atoms with Crippen molar-refractivity contribution in [1.29, 1.82) is 0 Å². The smallest absolute Gasteiger partial charge is 0.326 e. The molecule has 0 radical (unpaired) electrons. The van der Waals surface area contributed by atoms with Crippen LogP contribution in [0.3, 0.4) is 0 Å². The predicted octanol–water partition coefficient (Wildman–Crippen LogP) is 2.81. The number of rotatable bonds is 8. The van der Waals surface area contributed by atoms with Gasteiger partial charge in [0.25, 0.3) is 11.8 Å². The highest BCUT2D eigenvalue weighted by Crippen LogP contribution is 2.31. The first kappa shape index (κ1) is 24.5. The number of hydrogen-bond donors (Lipinski definition) is 2. The van der Waals surface area contributed by atoms with Crippen LogP contribution in [0.25, 0.3) is 10.8 Å². The van der Waals surface area contributed by atoms with Gasteiger partial charge in [0.05, 0.1) is 14.2 Å². The highest BCUT2D eigenvalue weighted by Gasteiger charge is 2.49. The van der Waals surface area contributed by atoms with Crippen molar-refractivity contribution in [3.8, 4) is 11.5 Å². The van der Waals surface area contributed by atoms with E-state index in [2.05, 4.69) is 10.6 Å². The molecule has 0 aliphatic carbocycles. The molecule has 1 aliphatic heterocycles. The Labute approximate surface area is 207 Å². The Morgan fingerprint density at radius 1 is 0.944 bits per heavy atom. The van der Waals surface area contributed by atoms with Crippen molar-refractivity contribution in [2.24, 2.45) is 0 Å². The number of urea groups is 1. The van der Waals surface area contributed by atoms with E-state index in [0.717, 1.165) is 15.7 Å². The van der Waals surface area contributed by atoms with Gasteiger partial charge in [-0.3, -0.25) is 19.3 Å². The van der Waals surface area contributed by atoms with Gasteiger partial charge in [-0.1, -0.05) is 36.4 Å². The Hall–Kier alpha value is -4.60. The number of nitrogens with zero attached hydrogens (tertiary/aromatic N) is 1. The number of methoxy groups -OCH3 is 2. The standard InChI is InChI=1S/C26H25N3O7/c1-26(18-9-8-16-6-4-5-7-17(16)10-18)24(32)29(25(33)28-26)14-23(31)36-15-22(30)27-19-11-20(34-2)13-21(12-19)35-3/h4-13H,14-15H2,1-3H3,(H,27,30)(H,28,33). The average Bonchev–Trinajstić information content (AvgIpc) is 3.10. The van der Waals surface area contributed by atoms with Crippen molar-refractivity contribution >= 4 is 40.3 Å². The topological polar surface area (TPSA) is 123 Å². The molecule has 0 spiro atoms. The molecule has 10 nitrogen and oxygen atoms in total. The van der Waals surface area contributed by atoms with Crippen molar-refractivity contribution in [1.82, 2.24) is 10.2 Å². The summed E-state index contributed by atoms with van der Waals surface area (Å²) in [4.78, 5) is 51.1. The maximum Gasteiger partial charge on any atom is 0.326 e. The van der Waals surface area contributed by atoms with Gasteiger partial charge in [0.2, 0.25) is 0 Å². The minimum atomic E-state index is -1.34. The van der Waals surface area contributed by atoms with E-state index < -0.39 is 42.5 Å². The maximum absolute atomic E-state index is 13.1. The van der Waals surface area contributed by atoms with E-state index >= 15 is 0 Å². The molecule has 4 amide bonds. The monoisotopic (exact) mass is 491 g/mol. The van der Waals surface area contributed by atoms with Gasteiger partial charge in [-0.2, -0.15) is 0 Å². The molecule has 1 aliphatic rings. The highest BCUT2D eigenvalue weighted by molar-refractivity contribution is 6.09. The Morgan fingerprint density at radius 3 is 2.28 bits per heavy atom. The van der Waals surface area contributed by atoms with Crippen LogP contribution in [0.5, 0.6) is 11.5 Å². The van der Waals surface area contributed by atoms with E-state index in [4.69, 9.17) is 14.2 Å². The number of imide groups is 1. The van der Waals surface area contributed by atoms with E-state index in [1.54, 1.807) is 31.2 Å². The number of amides is 4. The zero-order valence-electron chi connectivity index (χ0n) is 20.0. The third kappa shape index (κ3) is 4.92. The van der Waals surface area contributed by atoms with Gasteiger partial charge in [-0.05, 0) is 29.3 Å². The minimum absolute atomic E-state index is 0.382. The molecule has 1 saturated heterocycles. The van der Waals surface area contributed by atoms with Crippen LogP contribution in [0.15, 0.2) is 60.7 Å². The largest absolute Gasteiger partial charge is 0.497 e.